The molecule has 0 saturated heterocycles. The molecule has 0 nitrogen and oxygen atoms in total. The molecule has 0 bridgehead atoms. The summed E-state index contributed by atoms with van der Waals surface area (Å²) in [7, 11) is 0. The van der Waals surface area contributed by atoms with Gasteiger partial charge in [-0.3, -0.25) is 0 Å². The maximum atomic E-state index is 3.87. The molecule has 0 amide bonds. The van der Waals surface area contributed by atoms with E-state index in [1.54, 1.807) is 0 Å². The Morgan fingerprint density at radius 1 is 0.647 bits per heavy atom. The predicted octanol–water partition coefficient (Wildman–Crippen LogP) is 6.00. The lowest BCUT2D eigenvalue weighted by Gasteiger charge is -2.39. The lowest BCUT2D eigenvalue weighted by molar-refractivity contribution is 0.126. The Balaban J connectivity index is 4.57. The Hall–Kier alpha value is -0.520. The van der Waals surface area contributed by atoms with Gasteiger partial charge in [-0.2, -0.15) is 0 Å². The maximum Gasteiger partial charge on any atom is -0.0302 e. The molecule has 0 heteroatoms. The van der Waals surface area contributed by atoms with Crippen molar-refractivity contribution in [3.63, 3.8) is 0 Å². The van der Waals surface area contributed by atoms with Crippen molar-refractivity contribution in [1.82, 2.24) is 0 Å². The number of rotatable bonds is 8. The van der Waals surface area contributed by atoms with Crippen molar-refractivity contribution >= 4 is 0 Å². The molecule has 0 radical (unpaired) electrons. The van der Waals surface area contributed by atoms with Gasteiger partial charge >= 0.3 is 0 Å². The van der Waals surface area contributed by atoms with Gasteiger partial charge in [-0.15, -0.1) is 13.2 Å². The molecule has 0 heterocycles. The van der Waals surface area contributed by atoms with Gasteiger partial charge in [-0.1, -0.05) is 53.7 Å². The van der Waals surface area contributed by atoms with Crippen LogP contribution in [0.2, 0.25) is 0 Å². The molecule has 0 rings (SSSR count). The van der Waals surface area contributed by atoms with Crippen LogP contribution in [-0.4, -0.2) is 0 Å². The van der Waals surface area contributed by atoms with Crippen molar-refractivity contribution in [3.05, 3.63) is 25.3 Å². The van der Waals surface area contributed by atoms with Gasteiger partial charge in [-0.05, 0) is 41.9 Å². The second-order valence-corrected chi connectivity index (χ2v) is 7.83. The lowest BCUT2D eigenvalue weighted by atomic mass is 9.66. The van der Waals surface area contributed by atoms with Crippen molar-refractivity contribution < 1.29 is 0 Å². The minimum atomic E-state index is 0.357. The van der Waals surface area contributed by atoms with E-state index in [0.29, 0.717) is 16.2 Å². The zero-order valence-electron chi connectivity index (χ0n) is 12.9. The van der Waals surface area contributed by atoms with E-state index in [1.165, 1.54) is 12.8 Å². The maximum absolute atomic E-state index is 3.87. The van der Waals surface area contributed by atoms with E-state index in [9.17, 15) is 0 Å². The average molecular weight is 236 g/mol. The van der Waals surface area contributed by atoms with Gasteiger partial charge in [0.1, 0.15) is 0 Å². The first-order valence-corrected chi connectivity index (χ1v) is 6.75. The van der Waals surface area contributed by atoms with Crippen LogP contribution in [0.5, 0.6) is 0 Å². The topological polar surface area (TPSA) is 0 Å². The molecule has 0 spiro atoms. The predicted molar refractivity (Wildman–Crippen MR) is 80.2 cm³/mol. The monoisotopic (exact) mass is 236 g/mol. The van der Waals surface area contributed by atoms with Gasteiger partial charge in [-0.25, -0.2) is 0 Å². The van der Waals surface area contributed by atoms with E-state index in [0.717, 1.165) is 12.8 Å². The van der Waals surface area contributed by atoms with Crippen molar-refractivity contribution in [2.24, 2.45) is 16.2 Å². The number of hydrogen-bond donors (Lipinski definition) is 0. The van der Waals surface area contributed by atoms with Crippen molar-refractivity contribution in [3.8, 4) is 0 Å². The summed E-state index contributed by atoms with van der Waals surface area (Å²) in [6, 6.07) is 0. The molecule has 0 aliphatic rings. The average Bonchev–Trinajstić information content (AvgIpc) is 1.96. The molecule has 0 atom stereocenters. The van der Waals surface area contributed by atoms with Crippen LogP contribution in [0, 0.1) is 16.2 Å². The molecule has 0 aromatic heterocycles. The third kappa shape index (κ3) is 7.41. The van der Waals surface area contributed by atoms with Crippen LogP contribution in [0.4, 0.5) is 0 Å². The molecule has 0 fully saturated rings. The highest BCUT2D eigenvalue weighted by molar-refractivity contribution is 4.89. The number of hydrogen-bond acceptors (Lipinski definition) is 0. The highest BCUT2D eigenvalue weighted by Gasteiger charge is 2.32. The van der Waals surface area contributed by atoms with Crippen LogP contribution in [0.1, 0.15) is 67.2 Å². The highest BCUT2D eigenvalue weighted by Crippen LogP contribution is 2.44. The first-order valence-electron chi connectivity index (χ1n) is 6.75. The Morgan fingerprint density at radius 3 is 1.18 bits per heavy atom. The fourth-order valence-corrected chi connectivity index (χ4v) is 3.58. The summed E-state index contributed by atoms with van der Waals surface area (Å²) in [6.45, 7) is 21.9. The van der Waals surface area contributed by atoms with Crippen LogP contribution >= 0.6 is 0 Å². The molecule has 0 N–H and O–H groups in total. The molecule has 0 aliphatic carbocycles. The Kier molecular flexibility index (Phi) is 5.71. The second-order valence-electron chi connectivity index (χ2n) is 7.83. The third-order valence-electron chi connectivity index (χ3n) is 3.31. The van der Waals surface area contributed by atoms with Gasteiger partial charge in [0, 0.05) is 0 Å². The quantitative estimate of drug-likeness (QED) is 0.454. The van der Waals surface area contributed by atoms with Crippen molar-refractivity contribution in [2.75, 3.05) is 0 Å². The minimum absolute atomic E-state index is 0.357. The summed E-state index contributed by atoms with van der Waals surface area (Å²) in [6.07, 6.45) is 8.77. The summed E-state index contributed by atoms with van der Waals surface area (Å²) in [5.41, 5.74) is 1.09. The normalized spacial score (nSPS) is 13.5. The Morgan fingerprint density at radius 2 is 0.941 bits per heavy atom. The molecule has 0 saturated carbocycles. The van der Waals surface area contributed by atoms with Gasteiger partial charge in [0.25, 0.3) is 0 Å². The van der Waals surface area contributed by atoms with Crippen LogP contribution in [0.25, 0.3) is 0 Å². The van der Waals surface area contributed by atoms with E-state index in [-0.39, 0.29) is 0 Å². The first kappa shape index (κ1) is 16.5. The van der Waals surface area contributed by atoms with E-state index < -0.39 is 0 Å². The molecule has 100 valence electrons. The first-order chi connectivity index (χ1) is 7.54. The Labute approximate surface area is 109 Å². The van der Waals surface area contributed by atoms with E-state index in [1.807, 2.05) is 12.2 Å². The summed E-state index contributed by atoms with van der Waals surface area (Å²) in [5.74, 6) is 0. The van der Waals surface area contributed by atoms with Crippen molar-refractivity contribution in [2.45, 2.75) is 67.2 Å². The van der Waals surface area contributed by atoms with Gasteiger partial charge in [0.15, 0.2) is 0 Å². The molecule has 0 aromatic rings. The second kappa shape index (κ2) is 5.89. The fraction of sp³-hybridized carbons (Fsp3) is 0.765. The van der Waals surface area contributed by atoms with Crippen LogP contribution < -0.4 is 0 Å². The van der Waals surface area contributed by atoms with Crippen LogP contribution in [0.3, 0.4) is 0 Å². The highest BCUT2D eigenvalue weighted by atomic mass is 14.4. The minimum Gasteiger partial charge on any atom is -0.103 e. The number of allylic oxidation sites excluding steroid dienone is 2. The van der Waals surface area contributed by atoms with Gasteiger partial charge < -0.3 is 0 Å². The Bertz CT molecular complexity index is 227. The molecule has 0 unspecified atom stereocenters. The zero-order valence-corrected chi connectivity index (χ0v) is 12.9. The summed E-state index contributed by atoms with van der Waals surface area (Å²) >= 11 is 0. The van der Waals surface area contributed by atoms with E-state index in [2.05, 4.69) is 54.7 Å². The fourth-order valence-electron chi connectivity index (χ4n) is 3.58. The smallest absolute Gasteiger partial charge is 0.0302 e. The SMILES string of the molecule is C=CCC(C)(C)CC(C)(C)CC(C)(C)CC=C. The summed E-state index contributed by atoms with van der Waals surface area (Å²) in [5, 5.41) is 0. The van der Waals surface area contributed by atoms with Crippen LogP contribution in [0.15, 0.2) is 25.3 Å². The zero-order chi connectivity index (χ0) is 13.7. The molecule has 0 aromatic carbocycles. The van der Waals surface area contributed by atoms with E-state index in [4.69, 9.17) is 0 Å². The van der Waals surface area contributed by atoms with E-state index >= 15 is 0 Å². The van der Waals surface area contributed by atoms with Gasteiger partial charge in [0.05, 0.1) is 0 Å². The van der Waals surface area contributed by atoms with Crippen molar-refractivity contribution in [1.29, 1.82) is 0 Å². The summed E-state index contributed by atoms with van der Waals surface area (Å²) < 4.78 is 0. The summed E-state index contributed by atoms with van der Waals surface area (Å²) in [4.78, 5) is 0. The largest absolute Gasteiger partial charge is 0.103 e. The third-order valence-corrected chi connectivity index (χ3v) is 3.31. The standard InChI is InChI=1S/C17H32/c1-9-11-15(3,4)13-17(7,8)14-16(5,6)12-10-2/h9-10H,1-2,11-14H2,3-8H3. The van der Waals surface area contributed by atoms with Crippen LogP contribution in [-0.2, 0) is 0 Å². The molecule has 0 aliphatic heterocycles. The molecular weight excluding hydrogens is 204 g/mol. The lowest BCUT2D eigenvalue weighted by Crippen LogP contribution is -2.28. The molecule has 17 heavy (non-hydrogen) atoms. The molecular formula is C17H32. The van der Waals surface area contributed by atoms with Gasteiger partial charge in [0.2, 0.25) is 0 Å².